The second kappa shape index (κ2) is 6.71. The van der Waals surface area contributed by atoms with Gasteiger partial charge >= 0.3 is 0 Å². The highest BCUT2D eigenvalue weighted by Gasteiger charge is 2.31. The largest absolute Gasteiger partial charge is 0.381 e. The maximum Gasteiger partial charge on any atom is 0.101 e. The molecule has 0 aliphatic heterocycles. The van der Waals surface area contributed by atoms with Gasteiger partial charge in [-0.3, -0.25) is 0 Å². The molecule has 1 aliphatic rings. The first kappa shape index (κ1) is 16.2. The standard InChI is InChI=1S/C18H25ClN2/c1-4-18(2,3)14-6-9-16(10-7-14)21-17-11-15(19)8-5-13(17)12-20/h5,8,11,14,16,21H,4,6-7,9-10H2,1-3H3. The lowest BCUT2D eigenvalue weighted by Gasteiger charge is -2.39. The predicted molar refractivity (Wildman–Crippen MR) is 89.6 cm³/mol. The molecule has 0 heterocycles. The lowest BCUT2D eigenvalue weighted by molar-refractivity contribution is 0.147. The zero-order valence-electron chi connectivity index (χ0n) is 13.2. The quantitative estimate of drug-likeness (QED) is 0.783. The molecular weight excluding hydrogens is 280 g/mol. The number of rotatable bonds is 4. The Kier molecular flexibility index (Phi) is 5.17. The summed E-state index contributed by atoms with van der Waals surface area (Å²) in [5, 5.41) is 13.4. The molecule has 2 rings (SSSR count). The molecule has 114 valence electrons. The summed E-state index contributed by atoms with van der Waals surface area (Å²) in [6, 6.07) is 8.11. The van der Waals surface area contributed by atoms with Crippen LogP contribution in [0.25, 0.3) is 0 Å². The molecule has 21 heavy (non-hydrogen) atoms. The van der Waals surface area contributed by atoms with Crippen LogP contribution in [0.5, 0.6) is 0 Å². The van der Waals surface area contributed by atoms with E-state index in [9.17, 15) is 5.26 Å². The van der Waals surface area contributed by atoms with Crippen molar-refractivity contribution < 1.29 is 0 Å². The second-order valence-corrected chi connectivity index (χ2v) is 7.27. The number of hydrogen-bond donors (Lipinski definition) is 1. The highest BCUT2D eigenvalue weighted by molar-refractivity contribution is 6.30. The van der Waals surface area contributed by atoms with Crippen molar-refractivity contribution >= 4 is 17.3 Å². The van der Waals surface area contributed by atoms with Crippen LogP contribution in [-0.4, -0.2) is 6.04 Å². The number of hydrogen-bond acceptors (Lipinski definition) is 2. The summed E-state index contributed by atoms with van der Waals surface area (Å²) in [7, 11) is 0. The molecule has 0 atom stereocenters. The van der Waals surface area contributed by atoms with E-state index in [0.717, 1.165) is 11.6 Å². The average molecular weight is 305 g/mol. The highest BCUT2D eigenvalue weighted by Crippen LogP contribution is 2.41. The Morgan fingerprint density at radius 3 is 2.52 bits per heavy atom. The minimum absolute atomic E-state index is 0.443. The molecule has 0 amide bonds. The molecule has 1 N–H and O–H groups in total. The molecule has 1 saturated carbocycles. The summed E-state index contributed by atoms with van der Waals surface area (Å²) >= 11 is 6.04. The molecule has 1 aromatic rings. The maximum absolute atomic E-state index is 9.19. The lowest BCUT2D eigenvalue weighted by Crippen LogP contribution is -2.32. The molecule has 0 spiro atoms. The number of anilines is 1. The summed E-state index contributed by atoms with van der Waals surface area (Å²) < 4.78 is 0. The fraction of sp³-hybridized carbons (Fsp3) is 0.611. The Morgan fingerprint density at radius 1 is 1.29 bits per heavy atom. The Morgan fingerprint density at radius 2 is 1.95 bits per heavy atom. The molecule has 3 heteroatoms. The van der Waals surface area contributed by atoms with Crippen LogP contribution in [0.3, 0.4) is 0 Å². The van der Waals surface area contributed by atoms with Crippen molar-refractivity contribution in [1.82, 2.24) is 0 Å². The lowest BCUT2D eigenvalue weighted by atomic mass is 9.69. The minimum Gasteiger partial charge on any atom is -0.381 e. The zero-order valence-corrected chi connectivity index (χ0v) is 14.0. The van der Waals surface area contributed by atoms with E-state index >= 15 is 0 Å². The smallest absolute Gasteiger partial charge is 0.101 e. The van der Waals surface area contributed by atoms with Gasteiger partial charge in [0.05, 0.1) is 11.3 Å². The van der Waals surface area contributed by atoms with E-state index in [1.807, 2.05) is 6.07 Å². The van der Waals surface area contributed by atoms with Crippen LogP contribution in [0, 0.1) is 22.7 Å². The van der Waals surface area contributed by atoms with Gasteiger partial charge < -0.3 is 5.32 Å². The van der Waals surface area contributed by atoms with Gasteiger partial charge in [0.25, 0.3) is 0 Å². The summed E-state index contributed by atoms with van der Waals surface area (Å²) in [4.78, 5) is 0. The van der Waals surface area contributed by atoms with E-state index in [-0.39, 0.29) is 0 Å². The van der Waals surface area contributed by atoms with E-state index in [1.165, 1.54) is 32.1 Å². The second-order valence-electron chi connectivity index (χ2n) is 6.84. The Labute approximate surface area is 133 Å². The van der Waals surface area contributed by atoms with E-state index in [4.69, 9.17) is 11.6 Å². The van der Waals surface area contributed by atoms with Gasteiger partial charge in [-0.05, 0) is 55.2 Å². The Hall–Kier alpha value is -1.20. The van der Waals surface area contributed by atoms with Crippen LogP contribution >= 0.6 is 11.6 Å². The van der Waals surface area contributed by atoms with Crippen molar-refractivity contribution in [2.75, 3.05) is 5.32 Å². The Bertz CT molecular complexity index is 523. The molecule has 1 aromatic carbocycles. The zero-order chi connectivity index (χ0) is 15.5. The molecular formula is C18H25ClN2. The SMILES string of the molecule is CCC(C)(C)C1CCC(Nc2cc(Cl)ccc2C#N)CC1. The number of nitrogens with zero attached hydrogens (tertiary/aromatic N) is 1. The van der Waals surface area contributed by atoms with Crippen molar-refractivity contribution in [2.45, 2.75) is 58.9 Å². The van der Waals surface area contributed by atoms with Crippen LogP contribution in [0.2, 0.25) is 5.02 Å². The summed E-state index contributed by atoms with van der Waals surface area (Å²) in [6.45, 7) is 7.06. The fourth-order valence-corrected chi connectivity index (χ4v) is 3.43. The summed E-state index contributed by atoms with van der Waals surface area (Å²) in [5.74, 6) is 0.815. The highest BCUT2D eigenvalue weighted by atomic mass is 35.5. The average Bonchev–Trinajstić information content (AvgIpc) is 2.48. The summed E-state index contributed by atoms with van der Waals surface area (Å²) in [6.07, 6.45) is 6.11. The summed E-state index contributed by atoms with van der Waals surface area (Å²) in [5.41, 5.74) is 2.00. The van der Waals surface area contributed by atoms with E-state index in [0.29, 0.717) is 22.0 Å². The fourth-order valence-electron chi connectivity index (χ4n) is 3.26. The van der Waals surface area contributed by atoms with Gasteiger partial charge in [-0.15, -0.1) is 0 Å². The van der Waals surface area contributed by atoms with Crippen LogP contribution in [0.4, 0.5) is 5.69 Å². The number of nitriles is 1. The van der Waals surface area contributed by atoms with Crippen molar-refractivity contribution in [3.63, 3.8) is 0 Å². The first-order valence-electron chi connectivity index (χ1n) is 7.92. The Balaban J connectivity index is 1.98. The van der Waals surface area contributed by atoms with Crippen molar-refractivity contribution in [3.8, 4) is 6.07 Å². The molecule has 0 unspecified atom stereocenters. The topological polar surface area (TPSA) is 35.8 Å². The molecule has 1 aliphatic carbocycles. The van der Waals surface area contributed by atoms with Crippen LogP contribution < -0.4 is 5.32 Å². The van der Waals surface area contributed by atoms with Crippen LogP contribution in [-0.2, 0) is 0 Å². The van der Waals surface area contributed by atoms with Gasteiger partial charge in [-0.2, -0.15) is 5.26 Å². The third-order valence-electron chi connectivity index (χ3n) is 5.21. The third kappa shape index (κ3) is 3.92. The molecule has 1 fully saturated rings. The number of nitrogens with one attached hydrogen (secondary N) is 1. The van der Waals surface area contributed by atoms with Gasteiger partial charge in [0.15, 0.2) is 0 Å². The third-order valence-corrected chi connectivity index (χ3v) is 5.44. The van der Waals surface area contributed by atoms with E-state index < -0.39 is 0 Å². The van der Waals surface area contributed by atoms with Crippen molar-refractivity contribution in [3.05, 3.63) is 28.8 Å². The molecule has 0 saturated heterocycles. The maximum atomic E-state index is 9.19. The molecule has 0 radical (unpaired) electrons. The monoisotopic (exact) mass is 304 g/mol. The molecule has 0 aromatic heterocycles. The first-order valence-corrected chi connectivity index (χ1v) is 8.30. The van der Waals surface area contributed by atoms with Crippen LogP contribution in [0.15, 0.2) is 18.2 Å². The van der Waals surface area contributed by atoms with Gasteiger partial charge in [0.1, 0.15) is 6.07 Å². The van der Waals surface area contributed by atoms with Crippen molar-refractivity contribution in [2.24, 2.45) is 11.3 Å². The molecule has 2 nitrogen and oxygen atoms in total. The van der Waals surface area contributed by atoms with Gasteiger partial charge in [0, 0.05) is 11.1 Å². The van der Waals surface area contributed by atoms with E-state index in [2.05, 4.69) is 32.2 Å². The van der Waals surface area contributed by atoms with E-state index in [1.54, 1.807) is 12.1 Å². The number of halogens is 1. The molecule has 0 bridgehead atoms. The normalized spacial score (nSPS) is 22.6. The minimum atomic E-state index is 0.443. The number of benzene rings is 1. The van der Waals surface area contributed by atoms with Crippen molar-refractivity contribution in [1.29, 1.82) is 5.26 Å². The van der Waals surface area contributed by atoms with Gasteiger partial charge in [0.2, 0.25) is 0 Å². The predicted octanol–water partition coefficient (Wildman–Crippen LogP) is 5.62. The van der Waals surface area contributed by atoms with Crippen LogP contribution in [0.1, 0.15) is 58.4 Å². The first-order chi connectivity index (χ1) is 9.96. The van der Waals surface area contributed by atoms with Gasteiger partial charge in [-0.25, -0.2) is 0 Å². The van der Waals surface area contributed by atoms with Gasteiger partial charge in [-0.1, -0.05) is 38.8 Å².